The van der Waals surface area contributed by atoms with Crippen molar-refractivity contribution < 1.29 is 9.53 Å². The fourth-order valence-corrected chi connectivity index (χ4v) is 4.22. The van der Waals surface area contributed by atoms with Crippen LogP contribution < -0.4 is 5.32 Å². The maximum Gasteiger partial charge on any atom is 0.248 e. The van der Waals surface area contributed by atoms with Crippen molar-refractivity contribution in [2.24, 2.45) is 11.8 Å². The number of likely N-dealkylation sites (tertiary alicyclic amines) is 1. The Bertz CT molecular complexity index is 647. The molecule has 1 amide bonds. The van der Waals surface area contributed by atoms with E-state index in [4.69, 9.17) is 16.3 Å². The topological polar surface area (TPSA) is 57.7 Å². The van der Waals surface area contributed by atoms with Crippen molar-refractivity contribution in [3.8, 4) is 0 Å². The van der Waals surface area contributed by atoms with E-state index in [0.29, 0.717) is 29.8 Å². The zero-order valence-electron chi connectivity index (χ0n) is 15.8. The molecule has 1 aliphatic carbocycles. The summed E-state index contributed by atoms with van der Waals surface area (Å²) in [6.45, 7) is 5.92. The Morgan fingerprint density at radius 1 is 1.19 bits per heavy atom. The van der Waals surface area contributed by atoms with Crippen molar-refractivity contribution in [2.45, 2.75) is 31.8 Å². The van der Waals surface area contributed by atoms with Crippen LogP contribution in [0.1, 0.15) is 25.7 Å². The standard InChI is InChI=1S/C20H29ClN4O2/c21-18-2-1-7-22-20(18)23-10-17-13-25(19(26)14-27-17)12-16-5-8-24(9-6-16)11-15-3-4-15/h1-2,7,15-17H,3-6,8-14H2,(H,22,23)/t17-/m0/s1. The van der Waals surface area contributed by atoms with E-state index in [0.717, 1.165) is 12.5 Å². The van der Waals surface area contributed by atoms with Gasteiger partial charge in [0, 0.05) is 32.4 Å². The first-order valence-corrected chi connectivity index (χ1v) is 10.5. The molecule has 6 nitrogen and oxygen atoms in total. The molecule has 3 fully saturated rings. The average molecular weight is 393 g/mol. The van der Waals surface area contributed by atoms with Gasteiger partial charge in [-0.05, 0) is 62.7 Å². The minimum atomic E-state index is -0.0317. The first-order valence-electron chi connectivity index (χ1n) is 10.1. The monoisotopic (exact) mass is 392 g/mol. The minimum Gasteiger partial charge on any atom is -0.366 e. The number of morpholine rings is 1. The second-order valence-electron chi connectivity index (χ2n) is 8.13. The number of hydrogen-bond donors (Lipinski definition) is 1. The first kappa shape index (κ1) is 19.0. The molecule has 1 saturated carbocycles. The van der Waals surface area contributed by atoms with Gasteiger partial charge in [0.1, 0.15) is 12.4 Å². The average Bonchev–Trinajstić information content (AvgIpc) is 3.49. The number of aromatic nitrogens is 1. The summed E-state index contributed by atoms with van der Waals surface area (Å²) in [6.07, 6.45) is 6.91. The lowest BCUT2D eigenvalue weighted by Gasteiger charge is -2.38. The number of nitrogens with zero attached hydrogens (tertiary/aromatic N) is 3. The molecular weight excluding hydrogens is 364 g/mol. The molecule has 7 heteroatoms. The molecule has 0 spiro atoms. The number of piperidine rings is 1. The number of pyridine rings is 1. The van der Waals surface area contributed by atoms with Crippen LogP contribution in [-0.2, 0) is 9.53 Å². The lowest BCUT2D eigenvalue weighted by molar-refractivity contribution is -0.149. The summed E-state index contributed by atoms with van der Waals surface area (Å²) >= 11 is 6.14. The molecule has 0 aromatic carbocycles. The SMILES string of the molecule is O=C1CO[C@@H](CNc2ncccc2Cl)CN1CC1CCN(CC2CC2)CC1. The third-order valence-electron chi connectivity index (χ3n) is 5.87. The quantitative estimate of drug-likeness (QED) is 0.772. The highest BCUT2D eigenvalue weighted by molar-refractivity contribution is 6.32. The fraction of sp³-hybridized carbons (Fsp3) is 0.700. The van der Waals surface area contributed by atoms with E-state index >= 15 is 0 Å². The largest absolute Gasteiger partial charge is 0.366 e. The van der Waals surface area contributed by atoms with E-state index in [1.54, 1.807) is 12.3 Å². The highest BCUT2D eigenvalue weighted by Gasteiger charge is 2.31. The second kappa shape index (κ2) is 8.76. The molecule has 1 N–H and O–H groups in total. The number of anilines is 1. The van der Waals surface area contributed by atoms with E-state index in [1.165, 1.54) is 45.3 Å². The van der Waals surface area contributed by atoms with Crippen molar-refractivity contribution in [3.63, 3.8) is 0 Å². The number of amides is 1. The Kier molecular flexibility index (Phi) is 6.15. The predicted octanol–water partition coefficient (Wildman–Crippen LogP) is 2.50. The van der Waals surface area contributed by atoms with Crippen LogP contribution in [0.5, 0.6) is 0 Å². The van der Waals surface area contributed by atoms with E-state index in [1.807, 2.05) is 11.0 Å². The smallest absolute Gasteiger partial charge is 0.248 e. The maximum atomic E-state index is 12.3. The Hall–Kier alpha value is -1.37. The summed E-state index contributed by atoms with van der Waals surface area (Å²) in [4.78, 5) is 21.1. The number of hydrogen-bond acceptors (Lipinski definition) is 5. The first-order chi connectivity index (χ1) is 13.2. The van der Waals surface area contributed by atoms with Gasteiger partial charge in [0.05, 0.1) is 11.1 Å². The molecule has 1 aromatic heterocycles. The molecule has 4 rings (SSSR count). The van der Waals surface area contributed by atoms with Crippen LogP contribution in [0.4, 0.5) is 5.82 Å². The van der Waals surface area contributed by atoms with E-state index in [9.17, 15) is 4.79 Å². The molecule has 2 saturated heterocycles. The number of rotatable bonds is 7. The van der Waals surface area contributed by atoms with Gasteiger partial charge in [-0.25, -0.2) is 4.98 Å². The second-order valence-corrected chi connectivity index (χ2v) is 8.54. The van der Waals surface area contributed by atoms with Gasteiger partial charge < -0.3 is 19.9 Å². The number of carbonyl (C=O) groups is 1. The molecule has 0 radical (unpaired) electrons. The van der Waals surface area contributed by atoms with Crippen LogP contribution in [0.25, 0.3) is 0 Å². The van der Waals surface area contributed by atoms with Gasteiger partial charge in [0.2, 0.25) is 5.91 Å². The van der Waals surface area contributed by atoms with E-state index in [-0.39, 0.29) is 18.6 Å². The van der Waals surface area contributed by atoms with Gasteiger partial charge in [-0.3, -0.25) is 4.79 Å². The van der Waals surface area contributed by atoms with Crippen LogP contribution in [0.15, 0.2) is 18.3 Å². The summed E-state index contributed by atoms with van der Waals surface area (Å²) < 4.78 is 5.71. The third-order valence-corrected chi connectivity index (χ3v) is 6.18. The lowest BCUT2D eigenvalue weighted by atomic mass is 9.95. The van der Waals surface area contributed by atoms with Gasteiger partial charge in [-0.2, -0.15) is 0 Å². The normalized spacial score (nSPS) is 25.0. The fourth-order valence-electron chi connectivity index (χ4n) is 4.04. The summed E-state index contributed by atoms with van der Waals surface area (Å²) in [6, 6.07) is 3.62. The van der Waals surface area contributed by atoms with Gasteiger partial charge in [-0.15, -0.1) is 0 Å². The molecular formula is C20H29ClN4O2. The lowest BCUT2D eigenvalue weighted by Crippen LogP contribution is -2.51. The molecule has 0 bridgehead atoms. The number of nitrogens with one attached hydrogen (secondary N) is 1. The summed E-state index contributed by atoms with van der Waals surface area (Å²) in [5, 5.41) is 3.84. The van der Waals surface area contributed by atoms with Gasteiger partial charge >= 0.3 is 0 Å². The van der Waals surface area contributed by atoms with Crippen LogP contribution in [-0.4, -0.2) is 72.7 Å². The van der Waals surface area contributed by atoms with Crippen molar-refractivity contribution in [2.75, 3.05) is 51.2 Å². The van der Waals surface area contributed by atoms with E-state index < -0.39 is 0 Å². The summed E-state index contributed by atoms with van der Waals surface area (Å²) in [5.41, 5.74) is 0. The zero-order chi connectivity index (χ0) is 18.6. The molecule has 27 heavy (non-hydrogen) atoms. The predicted molar refractivity (Wildman–Crippen MR) is 106 cm³/mol. The maximum absolute atomic E-state index is 12.3. The summed E-state index contributed by atoms with van der Waals surface area (Å²) in [5.74, 6) is 2.35. The molecule has 3 heterocycles. The van der Waals surface area contributed by atoms with Crippen LogP contribution in [0.2, 0.25) is 5.02 Å². The zero-order valence-corrected chi connectivity index (χ0v) is 16.5. The van der Waals surface area contributed by atoms with Crippen molar-refractivity contribution in [1.29, 1.82) is 0 Å². The van der Waals surface area contributed by atoms with Crippen LogP contribution in [0, 0.1) is 11.8 Å². The molecule has 148 valence electrons. The van der Waals surface area contributed by atoms with Gasteiger partial charge in [0.25, 0.3) is 0 Å². The van der Waals surface area contributed by atoms with Crippen molar-refractivity contribution in [3.05, 3.63) is 23.4 Å². The van der Waals surface area contributed by atoms with E-state index in [2.05, 4.69) is 15.2 Å². The molecule has 2 aliphatic heterocycles. The van der Waals surface area contributed by atoms with Crippen molar-refractivity contribution >= 4 is 23.3 Å². The Morgan fingerprint density at radius 2 is 1.96 bits per heavy atom. The highest BCUT2D eigenvalue weighted by atomic mass is 35.5. The number of halogens is 1. The Morgan fingerprint density at radius 3 is 2.70 bits per heavy atom. The Labute approximate surface area is 166 Å². The minimum absolute atomic E-state index is 0.0317. The Balaban J connectivity index is 1.23. The molecule has 1 aromatic rings. The summed E-state index contributed by atoms with van der Waals surface area (Å²) in [7, 11) is 0. The third kappa shape index (κ3) is 5.33. The van der Waals surface area contributed by atoms with Crippen LogP contribution in [0.3, 0.4) is 0 Å². The number of ether oxygens (including phenoxy) is 1. The van der Waals surface area contributed by atoms with Gasteiger partial charge in [0.15, 0.2) is 0 Å². The molecule has 0 unspecified atom stereocenters. The van der Waals surface area contributed by atoms with Crippen molar-refractivity contribution in [1.82, 2.24) is 14.8 Å². The molecule has 1 atom stereocenters. The number of carbonyl (C=O) groups excluding carboxylic acids is 1. The van der Waals surface area contributed by atoms with Gasteiger partial charge in [-0.1, -0.05) is 11.6 Å². The highest BCUT2D eigenvalue weighted by Crippen LogP contribution is 2.31. The van der Waals surface area contributed by atoms with Crippen LogP contribution >= 0.6 is 11.6 Å². The molecule has 3 aliphatic rings.